The number of likely N-dealkylation sites (N-methyl/N-ethyl adjacent to an activating group) is 1. The molecule has 0 aliphatic heterocycles. The van der Waals surface area contributed by atoms with Crippen molar-refractivity contribution in [3.8, 4) is 0 Å². The predicted molar refractivity (Wildman–Crippen MR) is 182 cm³/mol. The van der Waals surface area contributed by atoms with E-state index >= 15 is 0 Å². The van der Waals surface area contributed by atoms with Crippen molar-refractivity contribution in [2.75, 3.05) is 40.9 Å². The molecule has 2 N–H and O–H groups in total. The number of rotatable bonds is 31. The van der Waals surface area contributed by atoms with Crippen molar-refractivity contribution in [1.82, 2.24) is 5.32 Å². The van der Waals surface area contributed by atoms with Crippen molar-refractivity contribution in [2.24, 2.45) is 0 Å². The van der Waals surface area contributed by atoms with Crippen LogP contribution in [0, 0.1) is 0 Å². The first-order chi connectivity index (χ1) is 21.0. The maximum atomic E-state index is 12.7. The molecule has 0 saturated carbocycles. The Morgan fingerprint density at radius 1 is 0.795 bits per heavy atom. The standard InChI is InChI=1S/C35H69N2O6P/c1-6-8-10-12-14-16-17-18-19-20-21-23-25-27-29-35(39)36-33(32-43-44(40,41)42-31-30-37(3,4)5)34(38)28-26-24-22-15-13-11-9-7-2/h12,14,17-18,33-34,38H,6-11,13,15-16,19-32H2,1-5H3,(H-,36,39,40,41)/b14-12-,18-17-. The number of phosphoric ester groups is 1. The average Bonchev–Trinajstić information content (AvgIpc) is 2.95. The number of aliphatic hydroxyl groups is 1. The van der Waals surface area contributed by atoms with Gasteiger partial charge in [0.15, 0.2) is 0 Å². The van der Waals surface area contributed by atoms with Gasteiger partial charge >= 0.3 is 0 Å². The molecule has 0 heterocycles. The number of carbonyl (C=O) groups excluding carboxylic acids is 1. The normalized spacial score (nSPS) is 15.2. The molecule has 260 valence electrons. The van der Waals surface area contributed by atoms with E-state index in [0.717, 1.165) is 64.2 Å². The fourth-order valence-electron chi connectivity index (χ4n) is 4.76. The van der Waals surface area contributed by atoms with Crippen LogP contribution in [0.2, 0.25) is 0 Å². The van der Waals surface area contributed by atoms with Gasteiger partial charge in [0.25, 0.3) is 7.82 Å². The van der Waals surface area contributed by atoms with Gasteiger partial charge in [-0.15, -0.1) is 0 Å². The first-order valence-electron chi connectivity index (χ1n) is 17.7. The predicted octanol–water partition coefficient (Wildman–Crippen LogP) is 7.99. The maximum absolute atomic E-state index is 12.7. The zero-order valence-corrected chi connectivity index (χ0v) is 30.0. The Morgan fingerprint density at radius 2 is 1.34 bits per heavy atom. The second-order valence-electron chi connectivity index (χ2n) is 13.2. The number of hydrogen-bond donors (Lipinski definition) is 2. The molecule has 9 heteroatoms. The van der Waals surface area contributed by atoms with Gasteiger partial charge in [-0.05, 0) is 38.5 Å². The zero-order chi connectivity index (χ0) is 32.9. The molecule has 0 aromatic heterocycles. The molecule has 0 rings (SSSR count). The minimum absolute atomic E-state index is 0.00880. The summed E-state index contributed by atoms with van der Waals surface area (Å²) in [4.78, 5) is 25.0. The molecule has 0 saturated heterocycles. The van der Waals surface area contributed by atoms with Crippen LogP contribution in [-0.2, 0) is 18.4 Å². The quantitative estimate of drug-likeness (QED) is 0.0343. The molecule has 1 amide bonds. The monoisotopic (exact) mass is 644 g/mol. The van der Waals surface area contributed by atoms with Gasteiger partial charge in [0, 0.05) is 6.42 Å². The SMILES string of the molecule is CCCC/C=C\C/C=C\CCCCCCCC(=O)NC(COP(=O)([O-])OCC[N+](C)(C)C)C(O)CCCCCCCCCC. The van der Waals surface area contributed by atoms with Crippen molar-refractivity contribution in [1.29, 1.82) is 0 Å². The summed E-state index contributed by atoms with van der Waals surface area (Å²) in [5.41, 5.74) is 0. The van der Waals surface area contributed by atoms with Crippen LogP contribution in [0.4, 0.5) is 0 Å². The topological polar surface area (TPSA) is 108 Å². The van der Waals surface area contributed by atoms with Gasteiger partial charge in [-0.2, -0.15) is 0 Å². The van der Waals surface area contributed by atoms with Crippen LogP contribution in [0.3, 0.4) is 0 Å². The van der Waals surface area contributed by atoms with Crippen molar-refractivity contribution in [3.05, 3.63) is 24.3 Å². The summed E-state index contributed by atoms with van der Waals surface area (Å²) in [6.45, 7) is 4.60. The van der Waals surface area contributed by atoms with Crippen LogP contribution in [-0.4, -0.2) is 68.5 Å². The molecule has 3 unspecified atom stereocenters. The molecule has 0 aliphatic rings. The van der Waals surface area contributed by atoms with Crippen molar-refractivity contribution < 1.29 is 32.9 Å². The fraction of sp³-hybridized carbons (Fsp3) is 0.857. The van der Waals surface area contributed by atoms with E-state index < -0.39 is 20.0 Å². The third kappa shape index (κ3) is 29.7. The molecule has 44 heavy (non-hydrogen) atoms. The van der Waals surface area contributed by atoms with Crippen LogP contribution < -0.4 is 10.2 Å². The van der Waals surface area contributed by atoms with Gasteiger partial charge in [-0.25, -0.2) is 0 Å². The molecule has 0 aromatic rings. The third-order valence-electron chi connectivity index (χ3n) is 7.69. The number of allylic oxidation sites excluding steroid dienone is 4. The highest BCUT2D eigenvalue weighted by Gasteiger charge is 2.24. The summed E-state index contributed by atoms with van der Waals surface area (Å²) in [6, 6.07) is -0.801. The highest BCUT2D eigenvalue weighted by molar-refractivity contribution is 7.45. The Hall–Kier alpha value is -1.02. The molecule has 0 fully saturated rings. The van der Waals surface area contributed by atoms with Crippen LogP contribution >= 0.6 is 7.82 Å². The number of hydrogen-bond acceptors (Lipinski definition) is 6. The van der Waals surface area contributed by atoms with E-state index in [9.17, 15) is 19.4 Å². The van der Waals surface area contributed by atoms with E-state index in [2.05, 4.69) is 43.5 Å². The van der Waals surface area contributed by atoms with Gasteiger partial charge in [0.2, 0.25) is 5.91 Å². The number of amides is 1. The van der Waals surface area contributed by atoms with E-state index in [4.69, 9.17) is 9.05 Å². The summed E-state index contributed by atoms with van der Waals surface area (Å²) in [5.74, 6) is -0.185. The first-order valence-corrected chi connectivity index (χ1v) is 19.1. The van der Waals surface area contributed by atoms with Crippen LogP contribution in [0.25, 0.3) is 0 Å². The van der Waals surface area contributed by atoms with Gasteiger partial charge in [-0.1, -0.05) is 122 Å². The lowest BCUT2D eigenvalue weighted by atomic mass is 10.0. The number of phosphoric acid groups is 1. The van der Waals surface area contributed by atoms with Crippen LogP contribution in [0.1, 0.15) is 142 Å². The van der Waals surface area contributed by atoms with Crippen LogP contribution in [0.5, 0.6) is 0 Å². The summed E-state index contributed by atoms with van der Waals surface area (Å²) in [5, 5.41) is 13.7. The van der Waals surface area contributed by atoms with E-state index in [1.54, 1.807) is 0 Å². The number of aliphatic hydroxyl groups excluding tert-OH is 1. The molecular weight excluding hydrogens is 575 g/mol. The molecule has 0 spiro atoms. The second-order valence-corrected chi connectivity index (χ2v) is 14.6. The largest absolute Gasteiger partial charge is 0.756 e. The average molecular weight is 645 g/mol. The summed E-state index contributed by atoms with van der Waals surface area (Å²) >= 11 is 0. The molecule has 0 radical (unpaired) electrons. The highest BCUT2D eigenvalue weighted by atomic mass is 31.2. The van der Waals surface area contributed by atoms with Gasteiger partial charge < -0.3 is 28.8 Å². The number of carbonyl (C=O) groups is 1. The van der Waals surface area contributed by atoms with E-state index in [-0.39, 0.29) is 19.1 Å². The molecule has 3 atom stereocenters. The Bertz CT molecular complexity index is 784. The summed E-state index contributed by atoms with van der Waals surface area (Å²) < 4.78 is 23.0. The fourth-order valence-corrected chi connectivity index (χ4v) is 5.48. The molecule has 0 aromatic carbocycles. The van der Waals surface area contributed by atoms with E-state index in [1.807, 2.05) is 21.1 Å². The smallest absolute Gasteiger partial charge is 0.268 e. The van der Waals surface area contributed by atoms with Crippen molar-refractivity contribution in [2.45, 2.75) is 154 Å². The lowest BCUT2D eigenvalue weighted by Crippen LogP contribution is -2.46. The minimum atomic E-state index is -4.55. The van der Waals surface area contributed by atoms with Crippen molar-refractivity contribution >= 4 is 13.7 Å². The third-order valence-corrected chi connectivity index (χ3v) is 8.66. The van der Waals surface area contributed by atoms with Gasteiger partial charge in [-0.3, -0.25) is 9.36 Å². The summed E-state index contributed by atoms with van der Waals surface area (Å²) in [7, 11) is 1.29. The highest BCUT2D eigenvalue weighted by Crippen LogP contribution is 2.38. The lowest BCUT2D eigenvalue weighted by Gasteiger charge is -2.30. The van der Waals surface area contributed by atoms with Crippen LogP contribution in [0.15, 0.2) is 24.3 Å². The number of unbranched alkanes of at least 4 members (excludes halogenated alkanes) is 14. The Morgan fingerprint density at radius 3 is 1.95 bits per heavy atom. The van der Waals surface area contributed by atoms with E-state index in [1.165, 1.54) is 51.4 Å². The number of nitrogens with one attached hydrogen (secondary N) is 1. The second kappa shape index (κ2) is 28.2. The first kappa shape index (κ1) is 43.0. The molecular formula is C35H69N2O6P. The molecule has 8 nitrogen and oxygen atoms in total. The Kier molecular flexibility index (Phi) is 27.6. The summed E-state index contributed by atoms with van der Waals surface area (Å²) in [6.07, 6.45) is 29.0. The molecule has 0 bridgehead atoms. The number of nitrogens with zero attached hydrogens (tertiary/aromatic N) is 1. The van der Waals surface area contributed by atoms with Crippen molar-refractivity contribution in [3.63, 3.8) is 0 Å². The van der Waals surface area contributed by atoms with Gasteiger partial charge in [0.05, 0.1) is 39.9 Å². The Balaban J connectivity index is 4.50. The molecule has 0 aliphatic carbocycles. The minimum Gasteiger partial charge on any atom is -0.756 e. The van der Waals surface area contributed by atoms with Gasteiger partial charge in [0.1, 0.15) is 13.2 Å². The maximum Gasteiger partial charge on any atom is 0.268 e. The van der Waals surface area contributed by atoms with E-state index in [0.29, 0.717) is 23.9 Å². The zero-order valence-electron chi connectivity index (χ0n) is 29.1. The number of quaternary nitrogens is 1. The lowest BCUT2D eigenvalue weighted by molar-refractivity contribution is -0.870. The Labute approximate surface area is 271 Å².